The Bertz CT molecular complexity index is 2990. The summed E-state index contributed by atoms with van der Waals surface area (Å²) in [6.07, 6.45) is 1.72. The maximum Gasteiger partial charge on any atom is 0.296 e. The molecule has 3 amide bonds. The average molecular weight is 1140 g/mol. The number of benzene rings is 5. The van der Waals surface area contributed by atoms with Crippen LogP contribution in [0.2, 0.25) is 25.1 Å². The number of nitrogens with one attached hydrogen (secondary N) is 4. The molecule has 9 rings (SSSR count). The second-order valence-corrected chi connectivity index (χ2v) is 17.2. The third kappa shape index (κ3) is 14.9. The first kappa shape index (κ1) is 62.8. The van der Waals surface area contributed by atoms with Gasteiger partial charge in [0.2, 0.25) is 18.1 Å². The highest BCUT2D eigenvalue weighted by atomic mass is 35.5. The molecule has 4 aliphatic heterocycles. The van der Waals surface area contributed by atoms with Gasteiger partial charge in [-0.05, 0) is 60.7 Å². The molecule has 4 heterocycles. The summed E-state index contributed by atoms with van der Waals surface area (Å²) < 4.78 is 28.0. The molecule has 4 aliphatic rings. The molecule has 5 aromatic carbocycles. The van der Waals surface area contributed by atoms with Gasteiger partial charge in [0.1, 0.15) is 28.9 Å². The normalized spacial score (nSPS) is 18.6. The molecule has 0 aromatic heterocycles. The summed E-state index contributed by atoms with van der Waals surface area (Å²) >= 11 is 28.8. The highest BCUT2D eigenvalue weighted by Crippen LogP contribution is 2.53. The zero-order valence-corrected chi connectivity index (χ0v) is 42.0. The summed E-state index contributed by atoms with van der Waals surface area (Å²) in [4.78, 5) is 71.1. The van der Waals surface area contributed by atoms with Crippen molar-refractivity contribution in [3.8, 4) is 0 Å². The fourth-order valence-corrected chi connectivity index (χ4v) is 8.55. The molecule has 0 bridgehead atoms. The molecule has 75 heavy (non-hydrogen) atoms. The van der Waals surface area contributed by atoms with E-state index in [0.717, 1.165) is 18.7 Å². The Balaban J connectivity index is 0.000000269. The van der Waals surface area contributed by atoms with Gasteiger partial charge in [-0.3, -0.25) is 49.7 Å². The van der Waals surface area contributed by atoms with Crippen molar-refractivity contribution in [2.45, 2.75) is 31.0 Å². The van der Waals surface area contributed by atoms with Gasteiger partial charge in [0.25, 0.3) is 17.6 Å². The molecule has 5 aromatic rings. The highest BCUT2D eigenvalue weighted by molar-refractivity contribution is 6.54. The Hall–Kier alpha value is -6.54. The van der Waals surface area contributed by atoms with E-state index in [-0.39, 0.29) is 54.3 Å². The molecule has 1 spiro atoms. The predicted octanol–water partition coefficient (Wildman–Crippen LogP) is 7.13. The van der Waals surface area contributed by atoms with Gasteiger partial charge >= 0.3 is 0 Å². The number of nitrogens with zero attached hydrogens (tertiary/aromatic N) is 3. The quantitative estimate of drug-likeness (QED) is 0.0424. The van der Waals surface area contributed by atoms with Crippen molar-refractivity contribution in [2.24, 2.45) is 10.7 Å². The summed E-state index contributed by atoms with van der Waals surface area (Å²) in [5, 5.41) is 66.8. The molecule has 0 radical (unpaired) electrons. The number of fused-ring (bicyclic) bond motifs is 4. The summed E-state index contributed by atoms with van der Waals surface area (Å²) in [5.41, 5.74) is 6.57. The zero-order chi connectivity index (χ0) is 55.0. The molecule has 4 atom stereocenters. The van der Waals surface area contributed by atoms with Crippen LogP contribution in [0, 0.1) is 31.9 Å². The Kier molecular flexibility index (Phi) is 24.2. The molecule has 1 saturated heterocycles. The van der Waals surface area contributed by atoms with Crippen molar-refractivity contribution in [1.82, 2.24) is 5.32 Å². The van der Waals surface area contributed by atoms with Gasteiger partial charge in [-0.15, -0.1) is 0 Å². The third-order valence-electron chi connectivity index (χ3n) is 10.6. The number of nitro groups is 2. The predicted molar refractivity (Wildman–Crippen MR) is 282 cm³/mol. The molecular formula is C48H47Cl5F2N8O12. The van der Waals surface area contributed by atoms with Crippen LogP contribution in [0.5, 0.6) is 0 Å². The van der Waals surface area contributed by atoms with Crippen LogP contribution in [0.1, 0.15) is 46.0 Å². The largest absolute Gasteiger partial charge is 0.400 e. The first-order valence-corrected chi connectivity index (χ1v) is 23.1. The second-order valence-electron chi connectivity index (χ2n) is 15.1. The van der Waals surface area contributed by atoms with Crippen LogP contribution < -0.4 is 27.0 Å². The van der Waals surface area contributed by atoms with Crippen LogP contribution >= 0.6 is 58.0 Å². The minimum Gasteiger partial charge on any atom is -0.400 e. The number of halogens is 7. The Labute approximate surface area is 451 Å². The molecule has 400 valence electrons. The van der Waals surface area contributed by atoms with E-state index in [1.54, 1.807) is 42.5 Å². The zero-order valence-electron chi connectivity index (χ0n) is 38.2. The number of hydrogen-bond donors (Lipinski definition) is 9. The average Bonchev–Trinajstić information content (AvgIpc) is 4.07. The van der Waals surface area contributed by atoms with Crippen molar-refractivity contribution in [2.75, 3.05) is 56.0 Å². The summed E-state index contributed by atoms with van der Waals surface area (Å²) in [5.74, 6) is -4.66. The van der Waals surface area contributed by atoms with E-state index in [1.165, 1.54) is 48.5 Å². The van der Waals surface area contributed by atoms with Crippen molar-refractivity contribution >= 4 is 110 Å². The number of aliphatic hydroxyl groups excluding tert-OH is 4. The maximum atomic E-state index is 14.9. The van der Waals surface area contributed by atoms with E-state index >= 15 is 0 Å². The first-order valence-electron chi connectivity index (χ1n) is 21.2. The minimum atomic E-state index is -1.66. The van der Waals surface area contributed by atoms with Gasteiger partial charge in [-0.1, -0.05) is 95.8 Å². The smallest absolute Gasteiger partial charge is 0.296 e. The molecule has 0 saturated carbocycles. The fourth-order valence-electron chi connectivity index (χ4n) is 7.67. The number of rotatable bonds is 8. The van der Waals surface area contributed by atoms with Crippen molar-refractivity contribution in [1.29, 1.82) is 0 Å². The maximum absolute atomic E-state index is 14.9. The standard InChI is InChI=1S/C18H14Cl2FN3O4.C10H9ClN2O2.C8H5ClFNO2.C8H4ClNO2.C2H7NO.CH4O.CH4/c19-8-4-5-10-12(6-8)22-17(26)18(10)14(9-2-1-3-11(20)15(9)21)16(24(27)28)13(7-25)23-18;11-6-1-2-7-8(5-6)13-10(15)9(7)12-3-4-14;9-7-3-1-2-6(8(7)10)4-5-11(12)13;9-4-1-2-5-6(3-4)10-8(12)7(5)11;3-1-2-4;1-2;/h1-6,13-14,16,23,25H,7H2,(H,22,26);1-2,5,14H,3-4H2,(H,12,13,15);1-5H;1-3H,(H,10,11,12);4H,1-3H2;2H,1H3;1H4/b;;5-4+;;;;/t13-,14-,16+,18+;;;;;;/m0....../s1. The topological polar surface area (TPSA) is 322 Å². The van der Waals surface area contributed by atoms with Crippen LogP contribution in [0.15, 0.2) is 102 Å². The summed E-state index contributed by atoms with van der Waals surface area (Å²) in [6.45, 7) is 0.0206. The van der Waals surface area contributed by atoms with Crippen LogP contribution in [0.3, 0.4) is 0 Å². The molecule has 27 heteroatoms. The molecule has 0 unspecified atom stereocenters. The van der Waals surface area contributed by atoms with E-state index in [4.69, 9.17) is 79.1 Å². The molecule has 0 aliphatic carbocycles. The number of nitrogens with two attached hydrogens (primary N) is 1. The fraction of sp³-hybridized carbons (Fsp3) is 0.229. The van der Waals surface area contributed by atoms with Gasteiger partial charge in [0.15, 0.2) is 0 Å². The third-order valence-corrected chi connectivity index (χ3v) is 11.9. The number of hydrogen-bond acceptors (Lipinski definition) is 15. The van der Waals surface area contributed by atoms with Crippen LogP contribution in [0.25, 0.3) is 6.08 Å². The SMILES string of the molecule is C.CO.NCCO.O=C1Nc2cc(Cl)ccc2C1=NCCO.O=C1Nc2cc(Cl)ccc2C1=O.O=C1Nc2cc(Cl)ccc2[C@]12N[C@@H](CO)[C@@H]([N+](=O)[O-])[C@@H]2c1cccc(Cl)c1F.O=[N+]([O-])/C=C/c1cccc(Cl)c1F. The number of Topliss-reactive ketones (excluding diaryl/α,β-unsaturated/α-hetero) is 1. The number of aliphatic imine (C=N–C) groups is 1. The lowest BCUT2D eigenvalue weighted by atomic mass is 9.74. The van der Waals surface area contributed by atoms with Crippen LogP contribution in [-0.2, 0) is 19.9 Å². The molecular weight excluding hydrogens is 1100 g/mol. The number of anilines is 3. The van der Waals surface area contributed by atoms with Crippen LogP contribution in [0.4, 0.5) is 25.8 Å². The van der Waals surface area contributed by atoms with Gasteiger partial charge < -0.3 is 42.1 Å². The Morgan fingerprint density at radius 1 is 0.733 bits per heavy atom. The van der Waals surface area contributed by atoms with E-state index < -0.39 is 69.2 Å². The summed E-state index contributed by atoms with van der Waals surface area (Å²) in [6, 6.07) is 20.3. The highest BCUT2D eigenvalue weighted by Gasteiger charge is 2.67. The summed E-state index contributed by atoms with van der Waals surface area (Å²) in [7, 11) is 1.00. The Morgan fingerprint density at radius 3 is 1.83 bits per heavy atom. The number of ketones is 1. The van der Waals surface area contributed by atoms with Gasteiger partial charge in [0, 0.05) is 67.7 Å². The lowest BCUT2D eigenvalue weighted by Crippen LogP contribution is -2.49. The molecule has 1 fully saturated rings. The first-order chi connectivity index (χ1) is 35.2. The van der Waals surface area contributed by atoms with Crippen molar-refractivity contribution in [3.05, 3.63) is 182 Å². The van der Waals surface area contributed by atoms with E-state index in [1.807, 2.05) is 0 Å². The van der Waals surface area contributed by atoms with E-state index in [0.29, 0.717) is 61.7 Å². The van der Waals surface area contributed by atoms with Gasteiger partial charge in [-0.2, -0.15) is 0 Å². The van der Waals surface area contributed by atoms with E-state index in [2.05, 4.69) is 26.3 Å². The number of carbonyl (C=O) groups excluding carboxylic acids is 4. The molecule has 10 N–H and O–H groups in total. The number of aliphatic hydroxyl groups is 4. The van der Waals surface area contributed by atoms with Gasteiger partial charge in [-0.25, -0.2) is 8.78 Å². The number of carbonyl (C=O) groups is 4. The monoisotopic (exact) mass is 1140 g/mol. The second kappa shape index (κ2) is 28.9. The van der Waals surface area contributed by atoms with Gasteiger partial charge in [0.05, 0.1) is 64.2 Å². The van der Waals surface area contributed by atoms with E-state index in [9.17, 15) is 53.3 Å². The van der Waals surface area contributed by atoms with Crippen LogP contribution in [-0.4, -0.2) is 112 Å². The van der Waals surface area contributed by atoms with Crippen molar-refractivity contribution < 1.29 is 58.2 Å². The minimum absolute atomic E-state index is 0. The number of amides is 3. The Morgan fingerprint density at radius 2 is 1.27 bits per heavy atom. The lowest BCUT2D eigenvalue weighted by molar-refractivity contribution is -0.527. The lowest BCUT2D eigenvalue weighted by Gasteiger charge is -2.30. The molecule has 20 nitrogen and oxygen atoms in total. The van der Waals surface area contributed by atoms with Crippen molar-refractivity contribution in [3.63, 3.8) is 0 Å².